The summed E-state index contributed by atoms with van der Waals surface area (Å²) in [6.45, 7) is 6.64. The van der Waals surface area contributed by atoms with Crippen LogP contribution >= 0.6 is 0 Å². The first kappa shape index (κ1) is 34.4. The van der Waals surface area contributed by atoms with Crippen molar-refractivity contribution in [2.24, 2.45) is 5.10 Å². The number of carbonyl (C=O) groups is 3. The lowest BCUT2D eigenvalue weighted by molar-refractivity contribution is -0.137. The third-order valence-corrected chi connectivity index (χ3v) is 7.69. The number of hydrogen-bond donors (Lipinski definition) is 3. The van der Waals surface area contributed by atoms with Crippen LogP contribution < -0.4 is 21.0 Å². The number of hydrazone groups is 1. The Labute approximate surface area is 276 Å². The molecular formula is C33H29F5N8O3. The topological polar surface area (TPSA) is 134 Å². The molecule has 1 aliphatic heterocycles. The van der Waals surface area contributed by atoms with Crippen molar-refractivity contribution >= 4 is 35.6 Å². The number of amides is 3. The number of rotatable bonds is 9. The van der Waals surface area contributed by atoms with Crippen LogP contribution in [0.25, 0.3) is 0 Å². The van der Waals surface area contributed by atoms with E-state index < -0.39 is 58.7 Å². The summed E-state index contributed by atoms with van der Waals surface area (Å²) < 4.78 is 70.1. The van der Waals surface area contributed by atoms with Crippen molar-refractivity contribution in [3.8, 4) is 0 Å². The van der Waals surface area contributed by atoms with E-state index in [0.717, 1.165) is 6.07 Å². The fraction of sp³-hybridized carbons (Fsp3) is 0.212. The lowest BCUT2D eigenvalue weighted by Gasteiger charge is -2.32. The summed E-state index contributed by atoms with van der Waals surface area (Å²) in [5.74, 6) is -4.60. The van der Waals surface area contributed by atoms with Crippen LogP contribution in [0.15, 0.2) is 72.5 Å². The second-order valence-electron chi connectivity index (χ2n) is 11.1. The van der Waals surface area contributed by atoms with Crippen molar-refractivity contribution in [2.45, 2.75) is 38.7 Å². The number of imidazole rings is 1. The largest absolute Gasteiger partial charge is 0.416 e. The van der Waals surface area contributed by atoms with E-state index in [4.69, 9.17) is 0 Å². The van der Waals surface area contributed by atoms with Gasteiger partial charge in [0.05, 0.1) is 17.3 Å². The number of nitrogens with zero attached hydrogens (tertiary/aromatic N) is 5. The molecule has 0 saturated carbocycles. The zero-order valence-corrected chi connectivity index (χ0v) is 26.3. The van der Waals surface area contributed by atoms with Gasteiger partial charge in [0.25, 0.3) is 11.8 Å². The lowest BCUT2D eigenvalue weighted by Crippen LogP contribution is -2.43. The van der Waals surface area contributed by atoms with Gasteiger partial charge in [-0.3, -0.25) is 19.4 Å². The fourth-order valence-electron chi connectivity index (χ4n) is 5.21. The minimum atomic E-state index is -4.94. The zero-order chi connectivity index (χ0) is 35.6. The average Bonchev–Trinajstić information content (AvgIpc) is 3.44. The minimum Gasteiger partial charge on any atom is -0.345 e. The van der Waals surface area contributed by atoms with Crippen molar-refractivity contribution in [1.29, 1.82) is 0 Å². The predicted octanol–water partition coefficient (Wildman–Crippen LogP) is 5.45. The maximum absolute atomic E-state index is 14.5. The molecule has 2 aromatic heterocycles. The number of aromatic nitrogens is 3. The molecule has 3 amide bonds. The summed E-state index contributed by atoms with van der Waals surface area (Å²) in [6, 6.07) is 6.31. The number of allylic oxidation sites excluding steroid dienone is 1. The highest BCUT2D eigenvalue weighted by atomic mass is 19.4. The van der Waals surface area contributed by atoms with Crippen LogP contribution in [0.3, 0.4) is 0 Å². The number of hydrogen-bond acceptors (Lipinski definition) is 7. The van der Waals surface area contributed by atoms with Crippen LogP contribution in [0.2, 0.25) is 0 Å². The molecule has 0 bridgehead atoms. The van der Waals surface area contributed by atoms with Crippen molar-refractivity contribution in [3.63, 3.8) is 0 Å². The number of halogens is 5. The first-order valence-electron chi connectivity index (χ1n) is 14.7. The molecule has 0 fully saturated rings. The molecule has 1 aliphatic rings. The molecule has 2 aromatic carbocycles. The quantitative estimate of drug-likeness (QED) is 0.122. The molecule has 49 heavy (non-hydrogen) atoms. The number of benzene rings is 2. The van der Waals surface area contributed by atoms with Gasteiger partial charge < -0.3 is 20.5 Å². The number of pyridine rings is 1. The van der Waals surface area contributed by atoms with Gasteiger partial charge in [0.15, 0.2) is 5.82 Å². The Morgan fingerprint density at radius 1 is 1.10 bits per heavy atom. The molecule has 16 heteroatoms. The molecule has 11 nitrogen and oxygen atoms in total. The van der Waals surface area contributed by atoms with Crippen LogP contribution in [0.1, 0.15) is 67.9 Å². The van der Waals surface area contributed by atoms with Crippen LogP contribution in [0, 0.1) is 18.6 Å². The molecule has 0 radical (unpaired) electrons. The van der Waals surface area contributed by atoms with E-state index in [1.807, 2.05) is 0 Å². The molecule has 3 heterocycles. The predicted molar refractivity (Wildman–Crippen MR) is 170 cm³/mol. The Kier molecular flexibility index (Phi) is 9.59. The standard InChI is InChI=1S/C33H29F5N8O3/c1-5-10-41-45(4)25-9-7-19(15-39-25)16-40-32(49)29-43-28(44-31(48)20-11-21(33(36,37)38)13-23(35)12-20)27-26(42-30(47)18(3)46(27)29)24-14-22(34)8-6-17(24)2/h5-15,18,26H,1,16H2,2-4H3,(H,40,49)(H,42,47)(H,44,48)/b41-10-/t18-,26-/m0/s1. The molecule has 4 aromatic rings. The smallest absolute Gasteiger partial charge is 0.345 e. The van der Waals surface area contributed by atoms with E-state index in [-0.39, 0.29) is 35.5 Å². The molecule has 2 atom stereocenters. The van der Waals surface area contributed by atoms with E-state index >= 15 is 0 Å². The van der Waals surface area contributed by atoms with E-state index in [2.05, 4.69) is 37.6 Å². The molecular weight excluding hydrogens is 651 g/mol. The van der Waals surface area contributed by atoms with Gasteiger partial charge in [0, 0.05) is 31.6 Å². The summed E-state index contributed by atoms with van der Waals surface area (Å²) >= 11 is 0. The second-order valence-corrected chi connectivity index (χ2v) is 11.1. The third kappa shape index (κ3) is 7.32. The van der Waals surface area contributed by atoms with Gasteiger partial charge >= 0.3 is 6.18 Å². The SMILES string of the molecule is C=C/C=N\N(C)c1ccc(CNC(=O)c2nc(NC(=O)c3cc(F)cc(C(F)(F)F)c3)c3n2[C@@H](C)C(=O)N[C@H]3c2cc(F)ccc2C)cn1. The zero-order valence-electron chi connectivity index (χ0n) is 26.3. The number of alkyl halides is 3. The van der Waals surface area contributed by atoms with Crippen molar-refractivity contribution in [1.82, 2.24) is 25.2 Å². The summed E-state index contributed by atoms with van der Waals surface area (Å²) in [4.78, 5) is 48.8. The van der Waals surface area contributed by atoms with Crippen LogP contribution in [-0.2, 0) is 17.5 Å². The van der Waals surface area contributed by atoms with Gasteiger partial charge in [0.1, 0.15) is 23.5 Å². The fourth-order valence-corrected chi connectivity index (χ4v) is 5.21. The van der Waals surface area contributed by atoms with E-state index in [9.17, 15) is 36.3 Å². The minimum absolute atomic E-state index is 0.0356. The van der Waals surface area contributed by atoms with Crippen LogP contribution in [0.4, 0.5) is 33.6 Å². The van der Waals surface area contributed by atoms with Gasteiger partial charge in [-0.25, -0.2) is 18.7 Å². The monoisotopic (exact) mass is 680 g/mol. The first-order valence-corrected chi connectivity index (χ1v) is 14.7. The number of fused-ring (bicyclic) bond motifs is 1. The van der Waals surface area contributed by atoms with Crippen molar-refractivity contribution in [3.05, 3.63) is 118 Å². The molecule has 0 saturated heterocycles. The number of anilines is 2. The molecule has 0 aliphatic carbocycles. The first-order chi connectivity index (χ1) is 23.2. The molecule has 3 N–H and O–H groups in total. The highest BCUT2D eigenvalue weighted by molar-refractivity contribution is 6.05. The van der Waals surface area contributed by atoms with Crippen molar-refractivity contribution in [2.75, 3.05) is 17.4 Å². The van der Waals surface area contributed by atoms with E-state index in [0.29, 0.717) is 29.1 Å². The molecule has 0 spiro atoms. The average molecular weight is 681 g/mol. The van der Waals surface area contributed by atoms with Gasteiger partial charge in [-0.15, -0.1) is 0 Å². The number of nitrogens with one attached hydrogen (secondary N) is 3. The Bertz CT molecular complexity index is 1970. The second kappa shape index (κ2) is 13.7. The Hall–Kier alpha value is -5.93. The molecule has 5 rings (SSSR count). The summed E-state index contributed by atoms with van der Waals surface area (Å²) in [6.07, 6.45) is -0.448. The van der Waals surface area contributed by atoms with Gasteiger partial charge in [0.2, 0.25) is 11.7 Å². The maximum atomic E-state index is 14.5. The summed E-state index contributed by atoms with van der Waals surface area (Å²) in [5, 5.41) is 13.4. The summed E-state index contributed by atoms with van der Waals surface area (Å²) in [7, 11) is 1.68. The highest BCUT2D eigenvalue weighted by Crippen LogP contribution is 2.38. The Balaban J connectivity index is 1.54. The van der Waals surface area contributed by atoms with Gasteiger partial charge in [-0.1, -0.05) is 18.7 Å². The van der Waals surface area contributed by atoms with E-state index in [1.54, 1.807) is 26.1 Å². The van der Waals surface area contributed by atoms with E-state index in [1.165, 1.54) is 47.1 Å². The van der Waals surface area contributed by atoms with Crippen LogP contribution in [-0.4, -0.2) is 45.5 Å². The van der Waals surface area contributed by atoms with Crippen molar-refractivity contribution < 1.29 is 36.3 Å². The highest BCUT2D eigenvalue weighted by Gasteiger charge is 2.40. The summed E-state index contributed by atoms with van der Waals surface area (Å²) in [5.41, 5.74) is -0.638. The Morgan fingerprint density at radius 3 is 2.53 bits per heavy atom. The lowest BCUT2D eigenvalue weighted by atomic mass is 9.95. The van der Waals surface area contributed by atoms with Crippen LogP contribution in [0.5, 0.6) is 0 Å². The number of carbonyl (C=O) groups excluding carboxylic acids is 3. The number of aryl methyl sites for hydroxylation is 1. The van der Waals surface area contributed by atoms with Gasteiger partial charge in [-0.2, -0.15) is 18.3 Å². The normalized spacial score (nSPS) is 15.8. The molecule has 0 unspecified atom stereocenters. The third-order valence-electron chi connectivity index (χ3n) is 7.69. The Morgan fingerprint density at radius 2 is 1.86 bits per heavy atom. The molecule has 254 valence electrons. The van der Waals surface area contributed by atoms with Gasteiger partial charge in [-0.05, 0) is 73.0 Å². The maximum Gasteiger partial charge on any atom is 0.416 e.